The molecule has 54 valence electrons. The third kappa shape index (κ3) is 8.17. The molecule has 1 unspecified atom stereocenters. The molecule has 0 saturated heterocycles. The summed E-state index contributed by atoms with van der Waals surface area (Å²) in [6, 6.07) is 0. The van der Waals surface area contributed by atoms with E-state index in [9.17, 15) is 0 Å². The van der Waals surface area contributed by atoms with Gasteiger partial charge in [-0.25, -0.2) is 0 Å². The number of rotatable bonds is 5. The van der Waals surface area contributed by atoms with Crippen molar-refractivity contribution in [3.05, 3.63) is 12.2 Å². The zero-order valence-corrected chi connectivity index (χ0v) is 7.48. The Morgan fingerprint density at radius 3 is 2.78 bits per heavy atom. The molecule has 9 heavy (non-hydrogen) atoms. The molecule has 0 aliphatic heterocycles. The van der Waals surface area contributed by atoms with Crippen molar-refractivity contribution in [2.24, 2.45) is 0 Å². The summed E-state index contributed by atoms with van der Waals surface area (Å²) in [7, 11) is 1.16. The first-order chi connectivity index (χ1) is 4.41. The van der Waals surface area contributed by atoms with E-state index in [1.807, 2.05) is 0 Å². The highest BCUT2D eigenvalue weighted by molar-refractivity contribution is 7.38. The van der Waals surface area contributed by atoms with E-state index in [1.54, 1.807) is 0 Å². The molecule has 0 spiro atoms. The fourth-order valence-electron chi connectivity index (χ4n) is 0.605. The molecule has 0 aromatic carbocycles. The number of hydrogen-bond donors (Lipinski definition) is 0. The lowest BCUT2D eigenvalue weighted by Gasteiger charge is -1.93. The predicted octanol–water partition coefficient (Wildman–Crippen LogP) is 3.04. The first kappa shape index (κ1) is 9.17. The Morgan fingerprint density at radius 1 is 1.44 bits per heavy atom. The van der Waals surface area contributed by atoms with Crippen molar-refractivity contribution < 1.29 is 0 Å². The number of hydrogen-bond acceptors (Lipinski definition) is 0. The van der Waals surface area contributed by atoms with Gasteiger partial charge in [-0.3, -0.25) is 0 Å². The topological polar surface area (TPSA) is 0 Å². The van der Waals surface area contributed by atoms with Crippen LogP contribution in [-0.2, 0) is 0 Å². The van der Waals surface area contributed by atoms with Gasteiger partial charge in [-0.05, 0) is 25.7 Å². The molecular formula is C8H17P. The Labute approximate surface area is 60.5 Å². The van der Waals surface area contributed by atoms with Gasteiger partial charge in [0.15, 0.2) is 0 Å². The molecule has 0 nitrogen and oxygen atoms in total. The van der Waals surface area contributed by atoms with Crippen LogP contribution in [-0.4, -0.2) is 12.3 Å². The molecule has 0 fully saturated rings. The van der Waals surface area contributed by atoms with Crippen LogP contribution < -0.4 is 0 Å². The largest absolute Gasteiger partial charge is 0.118 e. The minimum absolute atomic E-state index is 1.16. The smallest absolute Gasteiger partial charge is 0.0172 e. The van der Waals surface area contributed by atoms with Gasteiger partial charge in [-0.1, -0.05) is 25.5 Å². The van der Waals surface area contributed by atoms with Crippen molar-refractivity contribution in [3.8, 4) is 0 Å². The number of unbranched alkanes of at least 4 members (excludes halogenated alkanes) is 1. The van der Waals surface area contributed by atoms with Crippen molar-refractivity contribution >= 4 is 8.58 Å². The highest BCUT2D eigenvalue weighted by Crippen LogP contribution is 2.11. The van der Waals surface area contributed by atoms with Gasteiger partial charge in [-0.15, -0.1) is 8.58 Å². The Kier molecular flexibility index (Phi) is 8.32. The summed E-state index contributed by atoms with van der Waals surface area (Å²) in [6.07, 6.45) is 9.89. The summed E-state index contributed by atoms with van der Waals surface area (Å²) < 4.78 is 0. The Hall–Kier alpha value is 0.170. The fourth-order valence-corrected chi connectivity index (χ4v) is 1.82. The van der Waals surface area contributed by atoms with Crippen LogP contribution >= 0.6 is 8.58 Å². The first-order valence-electron chi connectivity index (χ1n) is 3.73. The van der Waals surface area contributed by atoms with Crippen LogP contribution in [0.4, 0.5) is 0 Å². The standard InChI is InChI=1S/C8H17P/c1-3-5-7-9-8-6-4-2/h3,5,9H,4,6-8H2,1-2H3. The van der Waals surface area contributed by atoms with Crippen molar-refractivity contribution in [2.75, 3.05) is 12.3 Å². The zero-order valence-electron chi connectivity index (χ0n) is 6.48. The lowest BCUT2D eigenvalue weighted by atomic mass is 10.4. The zero-order chi connectivity index (χ0) is 6.95. The second kappa shape index (κ2) is 8.17. The summed E-state index contributed by atoms with van der Waals surface area (Å²) in [4.78, 5) is 0. The fraction of sp³-hybridized carbons (Fsp3) is 0.750. The van der Waals surface area contributed by atoms with Crippen molar-refractivity contribution in [2.45, 2.75) is 26.7 Å². The van der Waals surface area contributed by atoms with Gasteiger partial charge < -0.3 is 0 Å². The number of allylic oxidation sites excluding steroid dienone is 2. The van der Waals surface area contributed by atoms with E-state index in [0.717, 1.165) is 8.58 Å². The Morgan fingerprint density at radius 2 is 2.22 bits per heavy atom. The molecule has 0 aliphatic carbocycles. The predicted molar refractivity (Wildman–Crippen MR) is 47.8 cm³/mol. The minimum Gasteiger partial charge on any atom is -0.118 e. The summed E-state index contributed by atoms with van der Waals surface area (Å²) in [6.45, 7) is 4.34. The molecule has 0 N–H and O–H groups in total. The van der Waals surface area contributed by atoms with Crippen LogP contribution in [0.5, 0.6) is 0 Å². The van der Waals surface area contributed by atoms with Gasteiger partial charge in [0.2, 0.25) is 0 Å². The Bertz CT molecular complexity index is 67.0. The molecule has 0 aromatic rings. The van der Waals surface area contributed by atoms with E-state index in [2.05, 4.69) is 26.0 Å². The van der Waals surface area contributed by atoms with Crippen LogP contribution in [0.2, 0.25) is 0 Å². The SMILES string of the molecule is CC=CCPCCCC. The summed E-state index contributed by atoms with van der Waals surface area (Å²) >= 11 is 0. The van der Waals surface area contributed by atoms with Crippen LogP contribution in [0.1, 0.15) is 26.7 Å². The van der Waals surface area contributed by atoms with Crippen molar-refractivity contribution in [1.29, 1.82) is 0 Å². The quantitative estimate of drug-likeness (QED) is 0.316. The molecule has 0 heterocycles. The summed E-state index contributed by atoms with van der Waals surface area (Å²) in [5, 5.41) is 0. The second-order valence-electron chi connectivity index (χ2n) is 2.13. The highest BCUT2D eigenvalue weighted by Gasteiger charge is 1.81. The molecule has 0 rings (SSSR count). The first-order valence-corrected chi connectivity index (χ1v) is 5.15. The van der Waals surface area contributed by atoms with Crippen LogP contribution in [0.3, 0.4) is 0 Å². The van der Waals surface area contributed by atoms with E-state index >= 15 is 0 Å². The molecule has 1 heteroatoms. The highest BCUT2D eigenvalue weighted by atomic mass is 31.1. The third-order valence-electron chi connectivity index (χ3n) is 1.20. The average Bonchev–Trinajstić information content (AvgIpc) is 1.89. The second-order valence-corrected chi connectivity index (χ2v) is 3.53. The van der Waals surface area contributed by atoms with Crippen LogP contribution in [0.15, 0.2) is 12.2 Å². The monoisotopic (exact) mass is 144 g/mol. The van der Waals surface area contributed by atoms with E-state index in [1.165, 1.54) is 25.2 Å². The molecule has 0 radical (unpaired) electrons. The molecular weight excluding hydrogens is 127 g/mol. The minimum atomic E-state index is 1.16. The van der Waals surface area contributed by atoms with E-state index < -0.39 is 0 Å². The van der Waals surface area contributed by atoms with Gasteiger partial charge in [-0.2, -0.15) is 0 Å². The van der Waals surface area contributed by atoms with Gasteiger partial charge >= 0.3 is 0 Å². The maximum Gasteiger partial charge on any atom is -0.0172 e. The van der Waals surface area contributed by atoms with Crippen LogP contribution in [0, 0.1) is 0 Å². The van der Waals surface area contributed by atoms with Crippen molar-refractivity contribution in [3.63, 3.8) is 0 Å². The molecule has 0 amide bonds. The molecule has 0 saturated carbocycles. The van der Waals surface area contributed by atoms with E-state index in [-0.39, 0.29) is 0 Å². The lowest BCUT2D eigenvalue weighted by Crippen LogP contribution is -1.74. The van der Waals surface area contributed by atoms with Crippen molar-refractivity contribution in [1.82, 2.24) is 0 Å². The average molecular weight is 144 g/mol. The normalized spacial score (nSPS) is 12.2. The molecule has 0 bridgehead atoms. The van der Waals surface area contributed by atoms with E-state index in [4.69, 9.17) is 0 Å². The summed E-state index contributed by atoms with van der Waals surface area (Å²) in [5.41, 5.74) is 0. The van der Waals surface area contributed by atoms with Gasteiger partial charge in [0, 0.05) is 0 Å². The molecule has 0 aromatic heterocycles. The van der Waals surface area contributed by atoms with E-state index in [0.29, 0.717) is 0 Å². The summed E-state index contributed by atoms with van der Waals surface area (Å²) in [5.74, 6) is 0. The Balaban J connectivity index is 2.75. The maximum absolute atomic E-state index is 2.26. The molecule has 0 aliphatic rings. The lowest BCUT2D eigenvalue weighted by molar-refractivity contribution is 0.894. The molecule has 1 atom stereocenters. The van der Waals surface area contributed by atoms with Gasteiger partial charge in [0.1, 0.15) is 0 Å². The van der Waals surface area contributed by atoms with Crippen LogP contribution in [0.25, 0.3) is 0 Å². The maximum atomic E-state index is 2.26. The van der Waals surface area contributed by atoms with Gasteiger partial charge in [0.25, 0.3) is 0 Å². The van der Waals surface area contributed by atoms with Gasteiger partial charge in [0.05, 0.1) is 0 Å². The third-order valence-corrected chi connectivity index (χ3v) is 2.44.